The maximum atomic E-state index is 14.7. The number of benzene rings is 2. The average molecular weight is 421 g/mol. The molecule has 1 heterocycles. The molecule has 1 atom stereocenters. The number of aromatic nitrogens is 1. The van der Waals surface area contributed by atoms with Crippen molar-refractivity contribution < 1.29 is 4.39 Å². The first kappa shape index (κ1) is 16.7. The predicted octanol–water partition coefficient (Wildman–Crippen LogP) is 5.51. The molecule has 0 saturated heterocycles. The molecule has 3 aromatic rings. The second kappa shape index (κ2) is 6.03. The van der Waals surface area contributed by atoms with Crippen molar-refractivity contribution in [2.24, 2.45) is 5.73 Å². The zero-order valence-electron chi connectivity index (χ0n) is 14.6. The third kappa shape index (κ3) is 2.54. The van der Waals surface area contributed by atoms with E-state index < -0.39 is 5.41 Å². The number of pyridine rings is 1. The molecule has 2 aromatic carbocycles. The van der Waals surface area contributed by atoms with Gasteiger partial charge in [-0.15, -0.1) is 0 Å². The van der Waals surface area contributed by atoms with Crippen LogP contribution in [0.15, 0.2) is 71.3 Å². The van der Waals surface area contributed by atoms with Crippen LogP contribution in [0.1, 0.15) is 46.7 Å². The van der Waals surface area contributed by atoms with Gasteiger partial charge in [-0.3, -0.25) is 4.98 Å². The summed E-state index contributed by atoms with van der Waals surface area (Å²) >= 11 is 3.58. The maximum Gasteiger partial charge on any atom is 0.132 e. The van der Waals surface area contributed by atoms with Crippen LogP contribution in [0.5, 0.6) is 0 Å². The van der Waals surface area contributed by atoms with E-state index >= 15 is 0 Å². The normalized spacial score (nSPS) is 21.0. The van der Waals surface area contributed by atoms with E-state index in [-0.39, 0.29) is 5.82 Å². The summed E-state index contributed by atoms with van der Waals surface area (Å²) in [6.07, 6.45) is 6.23. The number of nitrogens with zero attached hydrogens (tertiary/aromatic N) is 1. The molecule has 5 rings (SSSR count). The highest BCUT2D eigenvalue weighted by molar-refractivity contribution is 9.10. The van der Waals surface area contributed by atoms with E-state index in [1.807, 2.05) is 36.5 Å². The van der Waals surface area contributed by atoms with E-state index in [0.29, 0.717) is 17.2 Å². The van der Waals surface area contributed by atoms with Gasteiger partial charge in [0.2, 0.25) is 0 Å². The van der Waals surface area contributed by atoms with E-state index in [0.717, 1.165) is 26.9 Å². The van der Waals surface area contributed by atoms with E-state index in [4.69, 9.17) is 5.73 Å². The Kier molecular flexibility index (Phi) is 3.73. The van der Waals surface area contributed by atoms with E-state index in [1.54, 1.807) is 6.07 Å². The fourth-order valence-corrected chi connectivity index (χ4v) is 4.60. The number of allylic oxidation sites excluding steroid dienone is 1. The van der Waals surface area contributed by atoms with Crippen LogP contribution >= 0.6 is 15.9 Å². The lowest BCUT2D eigenvalue weighted by Crippen LogP contribution is -2.26. The van der Waals surface area contributed by atoms with Gasteiger partial charge in [0.25, 0.3) is 0 Å². The highest BCUT2D eigenvalue weighted by Crippen LogP contribution is 2.50. The number of hydrogen-bond donors (Lipinski definition) is 1. The van der Waals surface area contributed by atoms with Crippen LogP contribution < -0.4 is 5.73 Å². The van der Waals surface area contributed by atoms with Crippen molar-refractivity contribution in [1.82, 2.24) is 4.98 Å². The molecule has 1 aromatic heterocycles. The van der Waals surface area contributed by atoms with Crippen molar-refractivity contribution in [3.8, 4) is 0 Å². The molecule has 0 aliphatic heterocycles. The molecule has 4 heteroatoms. The molecule has 134 valence electrons. The first-order valence-electron chi connectivity index (χ1n) is 9.10. The quantitative estimate of drug-likeness (QED) is 0.606. The van der Waals surface area contributed by atoms with Crippen molar-refractivity contribution in [3.05, 3.63) is 105 Å². The first-order chi connectivity index (χ1) is 13.1. The largest absolute Gasteiger partial charge is 0.398 e. The Balaban J connectivity index is 1.84. The second-order valence-electron chi connectivity index (χ2n) is 7.32. The molecule has 0 radical (unpaired) electrons. The van der Waals surface area contributed by atoms with Gasteiger partial charge in [-0.1, -0.05) is 40.2 Å². The molecule has 1 fully saturated rings. The van der Waals surface area contributed by atoms with Crippen LogP contribution in [-0.2, 0) is 5.41 Å². The summed E-state index contributed by atoms with van der Waals surface area (Å²) < 4.78 is 15.6. The standard InChI is InChI=1S/C23H18BrFN2/c24-17-4-1-3-15(11-17)23(16-9-10-27-21(12-16)14-7-8-14)13-20(26)22-18(23)5-2-6-19(22)25/h1-6,9-14H,7-8,26H2. The van der Waals surface area contributed by atoms with E-state index in [1.165, 1.54) is 18.9 Å². The van der Waals surface area contributed by atoms with Crippen LogP contribution in [0.4, 0.5) is 4.39 Å². The van der Waals surface area contributed by atoms with Gasteiger partial charge in [0.1, 0.15) is 5.82 Å². The highest BCUT2D eigenvalue weighted by Gasteiger charge is 2.42. The molecule has 0 amide bonds. The van der Waals surface area contributed by atoms with Crippen molar-refractivity contribution >= 4 is 21.6 Å². The molecule has 1 unspecified atom stereocenters. The highest BCUT2D eigenvalue weighted by atomic mass is 79.9. The molecule has 2 aliphatic carbocycles. The Morgan fingerprint density at radius 3 is 2.59 bits per heavy atom. The van der Waals surface area contributed by atoms with Gasteiger partial charge in [-0.2, -0.15) is 0 Å². The lowest BCUT2D eigenvalue weighted by Gasteiger charge is -2.31. The Morgan fingerprint density at radius 2 is 1.81 bits per heavy atom. The zero-order chi connectivity index (χ0) is 18.6. The molecule has 2 aliphatic rings. The predicted molar refractivity (Wildman–Crippen MR) is 109 cm³/mol. The van der Waals surface area contributed by atoms with Gasteiger partial charge < -0.3 is 5.73 Å². The maximum absolute atomic E-state index is 14.7. The molecule has 1 saturated carbocycles. The molecule has 27 heavy (non-hydrogen) atoms. The molecular weight excluding hydrogens is 403 g/mol. The molecular formula is C23H18BrFN2. The SMILES string of the molecule is NC1=CC(c2cccc(Br)c2)(c2ccnc(C3CC3)c2)c2cccc(F)c21. The monoisotopic (exact) mass is 420 g/mol. The third-order valence-electron chi connectivity index (χ3n) is 5.61. The smallest absolute Gasteiger partial charge is 0.132 e. The van der Waals surface area contributed by atoms with Crippen LogP contribution in [0.25, 0.3) is 5.70 Å². The van der Waals surface area contributed by atoms with Crippen LogP contribution in [0.3, 0.4) is 0 Å². The topological polar surface area (TPSA) is 38.9 Å². The summed E-state index contributed by atoms with van der Waals surface area (Å²) in [4.78, 5) is 4.57. The minimum atomic E-state index is -0.627. The van der Waals surface area contributed by atoms with Gasteiger partial charge in [-0.25, -0.2) is 4.39 Å². The Bertz CT molecular complexity index is 1090. The van der Waals surface area contributed by atoms with Gasteiger partial charge in [0.15, 0.2) is 0 Å². The lowest BCUT2D eigenvalue weighted by molar-refractivity contribution is 0.619. The molecule has 0 bridgehead atoms. The zero-order valence-corrected chi connectivity index (χ0v) is 16.2. The second-order valence-corrected chi connectivity index (χ2v) is 8.24. The Morgan fingerprint density at radius 1 is 1.04 bits per heavy atom. The molecule has 2 nitrogen and oxygen atoms in total. The fraction of sp³-hybridized carbons (Fsp3) is 0.174. The first-order valence-corrected chi connectivity index (χ1v) is 9.89. The van der Waals surface area contributed by atoms with Gasteiger partial charge in [0.05, 0.1) is 5.41 Å². The number of rotatable bonds is 3. The lowest BCUT2D eigenvalue weighted by atomic mass is 9.71. The molecule has 2 N–H and O–H groups in total. The minimum Gasteiger partial charge on any atom is -0.398 e. The summed E-state index contributed by atoms with van der Waals surface area (Å²) in [5, 5.41) is 0. The number of fused-ring (bicyclic) bond motifs is 1. The fourth-order valence-electron chi connectivity index (χ4n) is 4.20. The summed E-state index contributed by atoms with van der Waals surface area (Å²) in [5.74, 6) is 0.258. The summed E-state index contributed by atoms with van der Waals surface area (Å²) in [6.45, 7) is 0. The van der Waals surface area contributed by atoms with Gasteiger partial charge >= 0.3 is 0 Å². The third-order valence-corrected chi connectivity index (χ3v) is 6.10. The van der Waals surface area contributed by atoms with Crippen LogP contribution in [0.2, 0.25) is 0 Å². The van der Waals surface area contributed by atoms with Crippen molar-refractivity contribution in [2.45, 2.75) is 24.2 Å². The number of hydrogen-bond acceptors (Lipinski definition) is 2. The average Bonchev–Trinajstić information content (AvgIpc) is 3.47. The summed E-state index contributed by atoms with van der Waals surface area (Å²) in [7, 11) is 0. The number of halogens is 2. The van der Waals surface area contributed by atoms with Crippen LogP contribution in [-0.4, -0.2) is 4.98 Å². The van der Waals surface area contributed by atoms with Crippen LogP contribution in [0, 0.1) is 5.82 Å². The Hall–Kier alpha value is -2.46. The van der Waals surface area contributed by atoms with Crippen molar-refractivity contribution in [1.29, 1.82) is 0 Å². The minimum absolute atomic E-state index is 0.283. The summed E-state index contributed by atoms with van der Waals surface area (Å²) in [6, 6.07) is 17.6. The van der Waals surface area contributed by atoms with Gasteiger partial charge in [-0.05, 0) is 65.9 Å². The van der Waals surface area contributed by atoms with Gasteiger partial charge in [0, 0.05) is 33.5 Å². The summed E-state index contributed by atoms with van der Waals surface area (Å²) in [5.41, 5.74) is 10.8. The Labute approximate surface area is 166 Å². The molecule has 0 spiro atoms. The number of nitrogens with two attached hydrogens (primary N) is 1. The van der Waals surface area contributed by atoms with Crippen molar-refractivity contribution in [2.75, 3.05) is 0 Å². The van der Waals surface area contributed by atoms with E-state index in [2.05, 4.69) is 39.1 Å². The van der Waals surface area contributed by atoms with Crippen molar-refractivity contribution in [3.63, 3.8) is 0 Å². The van der Waals surface area contributed by atoms with E-state index in [9.17, 15) is 4.39 Å².